The van der Waals surface area contributed by atoms with E-state index in [2.05, 4.69) is 52.9 Å². The number of unbranched alkanes of at least 4 members (excludes halogenated alkanes) is 2. The molecule has 0 spiro atoms. The van der Waals surface area contributed by atoms with Crippen molar-refractivity contribution in [2.45, 2.75) is 58.8 Å². The number of ether oxygens (including phenoxy) is 2. The zero-order chi connectivity index (χ0) is 26.9. The molecule has 0 saturated carbocycles. The average molecular weight is 638 g/mol. The van der Waals surface area contributed by atoms with Gasteiger partial charge in [0.05, 0.1) is 25.6 Å². The van der Waals surface area contributed by atoms with E-state index in [9.17, 15) is 9.59 Å². The molecule has 8 nitrogen and oxygen atoms in total. The number of benzene rings is 2. The van der Waals surface area contributed by atoms with E-state index in [1.165, 1.54) is 0 Å². The lowest BCUT2D eigenvalue weighted by atomic mass is 10.1. The molecule has 2 aromatic rings. The van der Waals surface area contributed by atoms with Gasteiger partial charge < -0.3 is 9.47 Å². The third-order valence-electron chi connectivity index (χ3n) is 4.96. The van der Waals surface area contributed by atoms with Gasteiger partial charge in [-0.15, -0.1) is 0 Å². The maximum absolute atomic E-state index is 12.1. The second-order valence-electron chi connectivity index (χ2n) is 8.21. The molecule has 0 atom stereocenters. The summed E-state index contributed by atoms with van der Waals surface area (Å²) in [5.74, 6) is 1.08. The smallest absolute Gasteiger partial charge is 0.240 e. The maximum atomic E-state index is 12.1. The van der Waals surface area contributed by atoms with E-state index in [4.69, 9.17) is 9.47 Å². The molecule has 37 heavy (non-hydrogen) atoms. The van der Waals surface area contributed by atoms with Crippen LogP contribution in [0, 0.1) is 0 Å². The zero-order valence-corrected chi connectivity index (χ0v) is 24.4. The quantitative estimate of drug-likeness (QED) is 0.127. The molecule has 200 valence electrons. The van der Waals surface area contributed by atoms with Crippen LogP contribution in [0.2, 0.25) is 0 Å². The minimum absolute atomic E-state index is 0.175. The molecular weight excluding hydrogens is 604 g/mol. The number of nitrogens with one attached hydrogen (secondary N) is 2. The SMILES string of the molecule is CCCOc1ccc(Br)cc1/C=N/NC(=O)CCCCCC(=O)N/N=C/c1cc(Br)ccc1OCCC. The van der Waals surface area contributed by atoms with Gasteiger partial charge in [-0.05, 0) is 62.1 Å². The zero-order valence-electron chi connectivity index (χ0n) is 21.3. The second kappa shape index (κ2) is 17.7. The number of rotatable bonds is 16. The van der Waals surface area contributed by atoms with E-state index in [1.807, 2.05) is 50.2 Å². The highest BCUT2D eigenvalue weighted by Crippen LogP contribution is 2.23. The van der Waals surface area contributed by atoms with E-state index >= 15 is 0 Å². The number of hydrazone groups is 2. The van der Waals surface area contributed by atoms with E-state index < -0.39 is 0 Å². The van der Waals surface area contributed by atoms with Gasteiger partial charge >= 0.3 is 0 Å². The summed E-state index contributed by atoms with van der Waals surface area (Å²) >= 11 is 6.87. The number of hydrogen-bond donors (Lipinski definition) is 2. The number of amides is 2. The van der Waals surface area contributed by atoms with Gasteiger partial charge in [-0.25, -0.2) is 10.9 Å². The van der Waals surface area contributed by atoms with Crippen molar-refractivity contribution >= 4 is 56.1 Å². The van der Waals surface area contributed by atoms with Crippen LogP contribution in [0.15, 0.2) is 55.5 Å². The molecule has 0 unspecified atom stereocenters. The fraction of sp³-hybridized carbons (Fsp3) is 0.407. The molecule has 2 rings (SSSR count). The summed E-state index contributed by atoms with van der Waals surface area (Å²) in [5.41, 5.74) is 6.65. The first kappa shape index (κ1) is 30.5. The monoisotopic (exact) mass is 636 g/mol. The van der Waals surface area contributed by atoms with Crippen molar-refractivity contribution in [1.82, 2.24) is 10.9 Å². The van der Waals surface area contributed by atoms with Crippen LogP contribution in [-0.4, -0.2) is 37.5 Å². The van der Waals surface area contributed by atoms with Crippen LogP contribution in [0.3, 0.4) is 0 Å². The summed E-state index contributed by atoms with van der Waals surface area (Å²) in [7, 11) is 0. The molecule has 0 fully saturated rings. The molecule has 0 bridgehead atoms. The van der Waals surface area contributed by atoms with Gasteiger partial charge in [0.25, 0.3) is 0 Å². The minimum atomic E-state index is -0.175. The summed E-state index contributed by atoms with van der Waals surface area (Å²) in [6.07, 6.45) is 7.69. The molecule has 0 aliphatic rings. The van der Waals surface area contributed by atoms with Gasteiger partial charge in [0.15, 0.2) is 0 Å². The first-order valence-corrected chi connectivity index (χ1v) is 14.0. The van der Waals surface area contributed by atoms with Crippen LogP contribution in [0.4, 0.5) is 0 Å². The molecule has 2 aromatic carbocycles. The van der Waals surface area contributed by atoms with Crippen molar-refractivity contribution in [2.24, 2.45) is 10.2 Å². The molecule has 0 radical (unpaired) electrons. The standard InChI is InChI=1S/C27H34Br2N4O4/c1-3-14-36-24-12-10-22(28)16-20(24)18-30-32-26(34)8-6-5-7-9-27(35)33-31-19-21-17-23(29)11-13-25(21)37-15-4-2/h10-13,16-19H,3-9,14-15H2,1-2H3,(H,32,34)(H,33,35)/b30-18+,31-19+. The summed E-state index contributed by atoms with van der Waals surface area (Å²) < 4.78 is 13.2. The Hall–Kier alpha value is -2.72. The van der Waals surface area contributed by atoms with E-state index in [-0.39, 0.29) is 11.8 Å². The van der Waals surface area contributed by atoms with Crippen LogP contribution in [-0.2, 0) is 9.59 Å². The Balaban J connectivity index is 1.66. The van der Waals surface area contributed by atoms with Crippen molar-refractivity contribution in [3.63, 3.8) is 0 Å². The van der Waals surface area contributed by atoms with Gasteiger partial charge in [-0.2, -0.15) is 10.2 Å². The summed E-state index contributed by atoms with van der Waals surface area (Å²) in [5, 5.41) is 8.10. The molecule has 0 aromatic heterocycles. The minimum Gasteiger partial charge on any atom is -0.493 e. The Labute approximate surface area is 235 Å². The number of carbonyl (C=O) groups is 2. The molecule has 2 amide bonds. The summed E-state index contributed by atoms with van der Waals surface area (Å²) in [4.78, 5) is 24.1. The molecule has 0 heterocycles. The third-order valence-corrected chi connectivity index (χ3v) is 5.95. The molecule has 0 aliphatic carbocycles. The molecule has 10 heteroatoms. The lowest BCUT2D eigenvalue weighted by molar-refractivity contribution is -0.121. The number of hydrogen-bond acceptors (Lipinski definition) is 6. The average Bonchev–Trinajstić information content (AvgIpc) is 2.87. The van der Waals surface area contributed by atoms with Gasteiger partial charge in [0, 0.05) is 32.9 Å². The molecule has 0 saturated heterocycles. The Morgan fingerprint density at radius 1 is 0.757 bits per heavy atom. The van der Waals surface area contributed by atoms with E-state index in [0.717, 1.165) is 39.3 Å². The molecular formula is C27H34Br2N4O4. The number of halogens is 2. The van der Waals surface area contributed by atoms with Crippen molar-refractivity contribution in [2.75, 3.05) is 13.2 Å². The highest BCUT2D eigenvalue weighted by atomic mass is 79.9. The third kappa shape index (κ3) is 12.4. The summed E-state index contributed by atoms with van der Waals surface area (Å²) in [6.45, 7) is 5.30. The first-order valence-electron chi connectivity index (χ1n) is 12.4. The number of nitrogens with zero attached hydrogens (tertiary/aromatic N) is 2. The maximum Gasteiger partial charge on any atom is 0.240 e. The highest BCUT2D eigenvalue weighted by molar-refractivity contribution is 9.10. The number of carbonyl (C=O) groups excluding carboxylic acids is 2. The van der Waals surface area contributed by atoms with Gasteiger partial charge in [0.1, 0.15) is 11.5 Å². The Bertz CT molecular complexity index is 993. The largest absolute Gasteiger partial charge is 0.493 e. The fourth-order valence-corrected chi connectivity index (χ4v) is 3.89. The van der Waals surface area contributed by atoms with Crippen LogP contribution < -0.4 is 20.3 Å². The topological polar surface area (TPSA) is 101 Å². The lowest BCUT2D eigenvalue weighted by Gasteiger charge is -2.08. The van der Waals surface area contributed by atoms with Gasteiger partial charge in [0.2, 0.25) is 11.8 Å². The van der Waals surface area contributed by atoms with Crippen LogP contribution in [0.5, 0.6) is 11.5 Å². The van der Waals surface area contributed by atoms with Crippen LogP contribution in [0.1, 0.15) is 69.9 Å². The van der Waals surface area contributed by atoms with Crippen molar-refractivity contribution < 1.29 is 19.1 Å². The van der Waals surface area contributed by atoms with Gasteiger partial charge in [-0.3, -0.25) is 9.59 Å². The van der Waals surface area contributed by atoms with Crippen molar-refractivity contribution in [3.05, 3.63) is 56.5 Å². The highest BCUT2D eigenvalue weighted by Gasteiger charge is 2.06. The van der Waals surface area contributed by atoms with Crippen molar-refractivity contribution in [1.29, 1.82) is 0 Å². The Morgan fingerprint density at radius 3 is 1.59 bits per heavy atom. The van der Waals surface area contributed by atoms with E-state index in [0.29, 0.717) is 50.4 Å². The predicted octanol–water partition coefficient (Wildman–Crippen LogP) is 6.34. The predicted molar refractivity (Wildman–Crippen MR) is 154 cm³/mol. The Morgan fingerprint density at radius 2 is 1.19 bits per heavy atom. The lowest BCUT2D eigenvalue weighted by Crippen LogP contribution is -2.18. The fourth-order valence-electron chi connectivity index (χ4n) is 3.13. The summed E-state index contributed by atoms with van der Waals surface area (Å²) in [6, 6.07) is 11.3. The van der Waals surface area contributed by atoms with Crippen LogP contribution >= 0.6 is 31.9 Å². The Kier molecular flexibility index (Phi) is 14.6. The normalized spacial score (nSPS) is 11.1. The second-order valence-corrected chi connectivity index (χ2v) is 10.0. The van der Waals surface area contributed by atoms with E-state index in [1.54, 1.807) is 12.4 Å². The van der Waals surface area contributed by atoms with Crippen LogP contribution in [0.25, 0.3) is 0 Å². The molecule has 2 N–H and O–H groups in total. The van der Waals surface area contributed by atoms with Gasteiger partial charge in [-0.1, -0.05) is 52.1 Å². The molecule has 0 aliphatic heterocycles. The first-order chi connectivity index (χ1) is 17.9. The van der Waals surface area contributed by atoms with Crippen molar-refractivity contribution in [3.8, 4) is 11.5 Å².